The first kappa shape index (κ1) is 11.4. The van der Waals surface area contributed by atoms with Gasteiger partial charge in [-0.3, -0.25) is 0 Å². The highest BCUT2D eigenvalue weighted by Crippen LogP contribution is 2.14. The van der Waals surface area contributed by atoms with E-state index in [2.05, 4.69) is 4.72 Å². The van der Waals surface area contributed by atoms with Crippen molar-refractivity contribution in [2.75, 3.05) is 12.4 Å². The topological polar surface area (TPSA) is 55.4 Å². The van der Waals surface area contributed by atoms with Crippen LogP contribution in [0.5, 0.6) is 5.75 Å². The lowest BCUT2D eigenvalue weighted by molar-refractivity contribution is 0.282. The summed E-state index contributed by atoms with van der Waals surface area (Å²) in [4.78, 5) is 0. The molecule has 0 bridgehead atoms. The Hall–Kier alpha value is -1.07. The number of nitrogens with one attached hydrogen (secondary N) is 1. The second-order valence-electron chi connectivity index (χ2n) is 4.05. The van der Waals surface area contributed by atoms with E-state index in [1.165, 1.54) is 5.56 Å². The van der Waals surface area contributed by atoms with Crippen molar-refractivity contribution in [2.45, 2.75) is 19.4 Å². The molecule has 1 saturated heterocycles. The molecule has 2 rings (SSSR count). The molecule has 4 nitrogen and oxygen atoms in total. The summed E-state index contributed by atoms with van der Waals surface area (Å²) in [5, 5.41) is 0. The molecular formula is C11H15NO3S. The van der Waals surface area contributed by atoms with E-state index < -0.39 is 10.0 Å². The first-order valence-electron chi connectivity index (χ1n) is 5.25. The lowest BCUT2D eigenvalue weighted by atomic mass is 10.2. The van der Waals surface area contributed by atoms with Gasteiger partial charge in [-0.1, -0.05) is 17.7 Å². The van der Waals surface area contributed by atoms with Crippen molar-refractivity contribution in [2.24, 2.45) is 0 Å². The van der Waals surface area contributed by atoms with E-state index in [0.29, 0.717) is 13.0 Å². The van der Waals surface area contributed by atoms with Crippen LogP contribution in [0, 0.1) is 6.92 Å². The Morgan fingerprint density at radius 3 is 2.62 bits per heavy atom. The van der Waals surface area contributed by atoms with Gasteiger partial charge in [0.25, 0.3) is 0 Å². The van der Waals surface area contributed by atoms with Gasteiger partial charge in [0.1, 0.15) is 12.4 Å². The maximum absolute atomic E-state index is 11.1. The number of rotatable bonds is 3. The molecule has 1 aliphatic rings. The van der Waals surface area contributed by atoms with Gasteiger partial charge in [0.05, 0.1) is 11.8 Å². The Morgan fingerprint density at radius 1 is 1.38 bits per heavy atom. The highest BCUT2D eigenvalue weighted by Gasteiger charge is 2.26. The van der Waals surface area contributed by atoms with Crippen molar-refractivity contribution in [1.29, 1.82) is 0 Å². The third kappa shape index (κ3) is 2.96. The van der Waals surface area contributed by atoms with Crippen LogP contribution in [0.25, 0.3) is 0 Å². The maximum atomic E-state index is 11.1. The van der Waals surface area contributed by atoms with Crippen LogP contribution in [-0.2, 0) is 10.0 Å². The first-order valence-corrected chi connectivity index (χ1v) is 6.90. The van der Waals surface area contributed by atoms with Crippen LogP contribution in [0.1, 0.15) is 12.0 Å². The fraction of sp³-hybridized carbons (Fsp3) is 0.455. The zero-order valence-corrected chi connectivity index (χ0v) is 9.96. The molecular weight excluding hydrogens is 226 g/mol. The minimum atomic E-state index is -3.04. The van der Waals surface area contributed by atoms with E-state index in [9.17, 15) is 8.42 Å². The Labute approximate surface area is 95.7 Å². The van der Waals surface area contributed by atoms with Gasteiger partial charge in [-0.2, -0.15) is 0 Å². The van der Waals surface area contributed by atoms with Gasteiger partial charge in [-0.15, -0.1) is 0 Å². The lowest BCUT2D eigenvalue weighted by Crippen LogP contribution is -2.30. The molecule has 0 spiro atoms. The predicted octanol–water partition coefficient (Wildman–Crippen LogP) is 1.07. The van der Waals surface area contributed by atoms with Gasteiger partial charge in [-0.05, 0) is 25.5 Å². The van der Waals surface area contributed by atoms with Crippen molar-refractivity contribution in [3.8, 4) is 5.75 Å². The van der Waals surface area contributed by atoms with Crippen molar-refractivity contribution in [3.63, 3.8) is 0 Å². The highest BCUT2D eigenvalue weighted by molar-refractivity contribution is 7.89. The zero-order chi connectivity index (χ0) is 11.6. The number of hydrogen-bond acceptors (Lipinski definition) is 3. The molecule has 5 heteroatoms. The first-order chi connectivity index (χ1) is 7.55. The van der Waals surface area contributed by atoms with Crippen molar-refractivity contribution < 1.29 is 13.2 Å². The van der Waals surface area contributed by atoms with Gasteiger partial charge >= 0.3 is 0 Å². The van der Waals surface area contributed by atoms with E-state index >= 15 is 0 Å². The van der Waals surface area contributed by atoms with Crippen LogP contribution < -0.4 is 9.46 Å². The summed E-state index contributed by atoms with van der Waals surface area (Å²) in [5.74, 6) is 0.978. The summed E-state index contributed by atoms with van der Waals surface area (Å²) in [5.41, 5.74) is 1.17. The molecule has 1 aromatic rings. The van der Waals surface area contributed by atoms with Crippen LogP contribution in [-0.4, -0.2) is 26.8 Å². The Morgan fingerprint density at radius 2 is 2.06 bits per heavy atom. The van der Waals surface area contributed by atoms with Crippen molar-refractivity contribution in [1.82, 2.24) is 4.72 Å². The smallest absolute Gasteiger partial charge is 0.212 e. The van der Waals surface area contributed by atoms with Gasteiger partial charge in [0.15, 0.2) is 0 Å². The molecule has 0 saturated carbocycles. The highest BCUT2D eigenvalue weighted by atomic mass is 32.2. The molecule has 1 fully saturated rings. The molecule has 0 unspecified atom stereocenters. The van der Waals surface area contributed by atoms with E-state index in [1.54, 1.807) is 0 Å². The summed E-state index contributed by atoms with van der Waals surface area (Å²) >= 11 is 0. The molecule has 1 heterocycles. The Kier molecular flexibility index (Phi) is 3.16. The standard InChI is InChI=1S/C11H15NO3S/c1-9-2-4-11(5-3-9)15-8-10-6-7-16(13,14)12-10/h2-5,10,12H,6-8H2,1H3/t10-/m0/s1. The summed E-state index contributed by atoms with van der Waals surface area (Å²) < 4.78 is 30.3. The Bertz CT molecular complexity index is 453. The normalized spacial score (nSPS) is 23.2. The molecule has 1 aliphatic heterocycles. The molecule has 1 aromatic carbocycles. The minimum absolute atomic E-state index is 0.0914. The monoisotopic (exact) mass is 241 g/mol. The largest absolute Gasteiger partial charge is 0.492 e. The van der Waals surface area contributed by atoms with Crippen LogP contribution in [0.4, 0.5) is 0 Å². The summed E-state index contributed by atoms with van der Waals surface area (Å²) in [6.45, 7) is 2.40. The molecule has 0 amide bonds. The summed E-state index contributed by atoms with van der Waals surface area (Å²) in [7, 11) is -3.04. The van der Waals surface area contributed by atoms with E-state index in [0.717, 1.165) is 5.75 Å². The van der Waals surface area contributed by atoms with Crippen LogP contribution in [0.15, 0.2) is 24.3 Å². The minimum Gasteiger partial charge on any atom is -0.492 e. The van der Waals surface area contributed by atoms with Gasteiger partial charge in [0.2, 0.25) is 10.0 Å². The SMILES string of the molecule is Cc1ccc(OC[C@@H]2CCS(=O)(=O)N2)cc1. The predicted molar refractivity (Wildman–Crippen MR) is 62.0 cm³/mol. The average Bonchev–Trinajstić information content (AvgIpc) is 2.58. The third-order valence-electron chi connectivity index (χ3n) is 2.55. The van der Waals surface area contributed by atoms with Crippen molar-refractivity contribution >= 4 is 10.0 Å². The zero-order valence-electron chi connectivity index (χ0n) is 9.14. The van der Waals surface area contributed by atoms with Gasteiger partial charge in [-0.25, -0.2) is 13.1 Å². The van der Waals surface area contributed by atoms with E-state index in [4.69, 9.17) is 4.74 Å². The van der Waals surface area contributed by atoms with Crippen molar-refractivity contribution in [3.05, 3.63) is 29.8 Å². The number of benzene rings is 1. The number of sulfonamides is 1. The molecule has 16 heavy (non-hydrogen) atoms. The number of hydrogen-bond donors (Lipinski definition) is 1. The quantitative estimate of drug-likeness (QED) is 0.861. The second-order valence-corrected chi connectivity index (χ2v) is 5.92. The Balaban J connectivity index is 1.87. The molecule has 0 aliphatic carbocycles. The second kappa shape index (κ2) is 4.43. The van der Waals surface area contributed by atoms with Crippen LogP contribution >= 0.6 is 0 Å². The van der Waals surface area contributed by atoms with Gasteiger partial charge in [0, 0.05) is 0 Å². The fourth-order valence-corrected chi connectivity index (χ4v) is 3.02. The molecule has 88 valence electrons. The third-order valence-corrected chi connectivity index (χ3v) is 4.02. The maximum Gasteiger partial charge on any atom is 0.212 e. The molecule has 1 atom stereocenters. The van der Waals surface area contributed by atoms with E-state index in [-0.39, 0.29) is 11.8 Å². The molecule has 1 N–H and O–H groups in total. The van der Waals surface area contributed by atoms with Crippen LogP contribution in [0.2, 0.25) is 0 Å². The summed E-state index contributed by atoms with van der Waals surface area (Å²) in [6.07, 6.45) is 0.619. The van der Waals surface area contributed by atoms with Gasteiger partial charge < -0.3 is 4.74 Å². The molecule has 0 radical (unpaired) electrons. The lowest BCUT2D eigenvalue weighted by Gasteiger charge is -2.11. The van der Waals surface area contributed by atoms with E-state index in [1.807, 2.05) is 31.2 Å². The average molecular weight is 241 g/mol. The number of aryl methyl sites for hydroxylation is 1. The number of ether oxygens (including phenoxy) is 1. The molecule has 0 aromatic heterocycles. The van der Waals surface area contributed by atoms with Crippen LogP contribution in [0.3, 0.4) is 0 Å². The fourth-order valence-electron chi connectivity index (χ4n) is 1.62. The summed E-state index contributed by atoms with van der Waals surface area (Å²) in [6, 6.07) is 7.62.